The molecule has 3 N–H and O–H groups in total. The Hall–Kier alpha value is -2.93. The minimum absolute atomic E-state index is 0.251. The SMILES string of the molecule is COC(=O)c1ccc2c(c1)OC(CO)C(c1ccc(O)c(O)c1)O2. The van der Waals surface area contributed by atoms with Crippen LogP contribution in [0.5, 0.6) is 23.0 Å². The Balaban J connectivity index is 1.94. The van der Waals surface area contributed by atoms with Crippen LogP contribution in [0.3, 0.4) is 0 Å². The van der Waals surface area contributed by atoms with Crippen LogP contribution in [0, 0.1) is 0 Å². The van der Waals surface area contributed by atoms with E-state index in [2.05, 4.69) is 4.74 Å². The molecule has 2 atom stereocenters. The molecule has 1 aliphatic heterocycles. The van der Waals surface area contributed by atoms with E-state index < -0.39 is 18.2 Å². The summed E-state index contributed by atoms with van der Waals surface area (Å²) in [6.07, 6.45) is -1.42. The van der Waals surface area contributed by atoms with E-state index >= 15 is 0 Å². The molecule has 0 bridgehead atoms. The maximum absolute atomic E-state index is 11.6. The quantitative estimate of drug-likeness (QED) is 0.581. The number of aliphatic hydroxyl groups excluding tert-OH is 1. The predicted octanol–water partition coefficient (Wildman–Crippen LogP) is 1.76. The lowest BCUT2D eigenvalue weighted by Crippen LogP contribution is -2.36. The molecular weight excluding hydrogens is 316 g/mol. The van der Waals surface area contributed by atoms with E-state index in [1.807, 2.05) is 0 Å². The van der Waals surface area contributed by atoms with Gasteiger partial charge in [-0.3, -0.25) is 0 Å². The van der Waals surface area contributed by atoms with Crippen LogP contribution in [0.15, 0.2) is 36.4 Å². The first-order valence-corrected chi connectivity index (χ1v) is 7.22. The van der Waals surface area contributed by atoms with Crippen molar-refractivity contribution in [3.05, 3.63) is 47.5 Å². The van der Waals surface area contributed by atoms with Gasteiger partial charge in [0.05, 0.1) is 19.3 Å². The summed E-state index contributed by atoms with van der Waals surface area (Å²) in [5.41, 5.74) is 0.837. The van der Waals surface area contributed by atoms with Crippen molar-refractivity contribution in [3.8, 4) is 23.0 Å². The summed E-state index contributed by atoms with van der Waals surface area (Å²) >= 11 is 0. The third-order valence-electron chi connectivity index (χ3n) is 3.74. The molecule has 0 aromatic heterocycles. The van der Waals surface area contributed by atoms with Gasteiger partial charge in [-0.2, -0.15) is 0 Å². The van der Waals surface area contributed by atoms with Crippen molar-refractivity contribution in [2.45, 2.75) is 12.2 Å². The average Bonchev–Trinajstić information content (AvgIpc) is 2.61. The van der Waals surface area contributed by atoms with Crippen LogP contribution in [-0.2, 0) is 4.74 Å². The molecule has 2 aromatic rings. The van der Waals surface area contributed by atoms with E-state index in [4.69, 9.17) is 9.47 Å². The fourth-order valence-electron chi connectivity index (χ4n) is 2.51. The van der Waals surface area contributed by atoms with E-state index in [0.29, 0.717) is 22.6 Å². The highest BCUT2D eigenvalue weighted by atomic mass is 16.6. The number of esters is 1. The van der Waals surface area contributed by atoms with Gasteiger partial charge in [0.25, 0.3) is 0 Å². The van der Waals surface area contributed by atoms with Gasteiger partial charge in [-0.15, -0.1) is 0 Å². The van der Waals surface area contributed by atoms with Crippen molar-refractivity contribution in [1.82, 2.24) is 0 Å². The summed E-state index contributed by atoms with van der Waals surface area (Å²) in [6.45, 7) is -0.339. The molecular formula is C17H16O7. The number of ether oxygens (including phenoxy) is 3. The second-order valence-corrected chi connectivity index (χ2v) is 5.28. The number of hydrogen-bond donors (Lipinski definition) is 3. The molecule has 0 aliphatic carbocycles. The van der Waals surface area contributed by atoms with Crippen LogP contribution in [0.1, 0.15) is 22.0 Å². The number of carbonyl (C=O) groups excluding carboxylic acids is 1. The van der Waals surface area contributed by atoms with E-state index in [1.54, 1.807) is 18.2 Å². The molecule has 7 heteroatoms. The first-order chi connectivity index (χ1) is 11.5. The Morgan fingerprint density at radius 3 is 2.54 bits per heavy atom. The van der Waals surface area contributed by atoms with Crippen LogP contribution in [0.4, 0.5) is 0 Å². The van der Waals surface area contributed by atoms with Crippen molar-refractivity contribution in [3.63, 3.8) is 0 Å². The van der Waals surface area contributed by atoms with E-state index in [-0.39, 0.29) is 18.1 Å². The fourth-order valence-corrected chi connectivity index (χ4v) is 2.51. The molecule has 0 amide bonds. The van der Waals surface area contributed by atoms with Crippen molar-refractivity contribution in [2.24, 2.45) is 0 Å². The summed E-state index contributed by atoms with van der Waals surface area (Å²) in [4.78, 5) is 11.6. The second kappa shape index (κ2) is 6.29. The Kier molecular flexibility index (Phi) is 4.18. The zero-order valence-corrected chi connectivity index (χ0v) is 12.8. The molecule has 0 fully saturated rings. The number of benzene rings is 2. The first kappa shape index (κ1) is 15.9. The Bertz CT molecular complexity index is 772. The van der Waals surface area contributed by atoms with Gasteiger partial charge >= 0.3 is 5.97 Å². The van der Waals surface area contributed by atoms with Crippen molar-refractivity contribution < 1.29 is 34.3 Å². The van der Waals surface area contributed by atoms with E-state index in [9.17, 15) is 20.1 Å². The average molecular weight is 332 g/mol. The molecule has 2 unspecified atom stereocenters. The molecule has 24 heavy (non-hydrogen) atoms. The van der Waals surface area contributed by atoms with E-state index in [0.717, 1.165) is 0 Å². The van der Waals surface area contributed by atoms with E-state index in [1.165, 1.54) is 25.3 Å². The minimum atomic E-state index is -0.741. The monoisotopic (exact) mass is 332 g/mol. The highest BCUT2D eigenvalue weighted by molar-refractivity contribution is 5.90. The predicted molar refractivity (Wildman–Crippen MR) is 82.4 cm³/mol. The lowest BCUT2D eigenvalue weighted by atomic mass is 10.0. The largest absolute Gasteiger partial charge is 0.504 e. The summed E-state index contributed by atoms with van der Waals surface area (Å²) < 4.78 is 16.2. The molecule has 0 radical (unpaired) electrons. The van der Waals surface area contributed by atoms with Gasteiger partial charge in [0.1, 0.15) is 0 Å². The molecule has 3 rings (SSSR count). The van der Waals surface area contributed by atoms with Crippen LogP contribution in [0.2, 0.25) is 0 Å². The molecule has 0 saturated carbocycles. The number of rotatable bonds is 3. The lowest BCUT2D eigenvalue weighted by molar-refractivity contribution is -0.0125. The van der Waals surface area contributed by atoms with Crippen LogP contribution in [0.25, 0.3) is 0 Å². The Labute approximate surface area is 137 Å². The van der Waals surface area contributed by atoms with Crippen molar-refractivity contribution in [2.75, 3.05) is 13.7 Å². The zero-order valence-electron chi connectivity index (χ0n) is 12.8. The molecule has 1 aliphatic rings. The maximum Gasteiger partial charge on any atom is 0.337 e. The summed E-state index contributed by atoms with van der Waals surface area (Å²) in [5.74, 6) is -0.340. The molecule has 2 aromatic carbocycles. The van der Waals surface area contributed by atoms with Gasteiger partial charge in [-0.05, 0) is 30.3 Å². The standard InChI is InChI=1S/C17H16O7/c1-22-17(21)10-3-5-13-14(7-10)23-15(8-18)16(24-13)9-2-4-11(19)12(20)6-9/h2-7,15-16,18-20H,8H2,1H3. The summed E-state index contributed by atoms with van der Waals surface area (Å²) in [6, 6.07) is 8.84. The van der Waals surface area contributed by atoms with Gasteiger partial charge in [-0.1, -0.05) is 6.07 Å². The Morgan fingerprint density at radius 1 is 1.08 bits per heavy atom. The number of hydrogen-bond acceptors (Lipinski definition) is 7. The smallest absolute Gasteiger partial charge is 0.337 e. The summed E-state index contributed by atoms with van der Waals surface area (Å²) in [7, 11) is 1.28. The topological polar surface area (TPSA) is 105 Å². The lowest BCUT2D eigenvalue weighted by Gasteiger charge is -2.33. The minimum Gasteiger partial charge on any atom is -0.504 e. The van der Waals surface area contributed by atoms with Crippen molar-refractivity contribution in [1.29, 1.82) is 0 Å². The van der Waals surface area contributed by atoms with Gasteiger partial charge < -0.3 is 29.5 Å². The van der Waals surface area contributed by atoms with Crippen molar-refractivity contribution >= 4 is 5.97 Å². The van der Waals surface area contributed by atoms with Gasteiger partial charge in [0.15, 0.2) is 35.2 Å². The van der Waals surface area contributed by atoms with Crippen LogP contribution in [-0.4, -0.2) is 41.1 Å². The summed E-state index contributed by atoms with van der Waals surface area (Å²) in [5, 5.41) is 28.7. The number of aliphatic hydroxyl groups is 1. The number of phenolic OH excluding ortho intramolecular Hbond substituents is 2. The number of methoxy groups -OCH3 is 1. The van der Waals surface area contributed by atoms with Crippen LogP contribution < -0.4 is 9.47 Å². The molecule has 1 heterocycles. The highest BCUT2D eigenvalue weighted by Crippen LogP contribution is 2.41. The third kappa shape index (κ3) is 2.81. The first-order valence-electron chi connectivity index (χ1n) is 7.22. The molecule has 126 valence electrons. The normalized spacial score (nSPS) is 18.9. The number of aromatic hydroxyl groups is 2. The number of carbonyl (C=O) groups is 1. The Morgan fingerprint density at radius 2 is 1.88 bits per heavy atom. The fraction of sp³-hybridized carbons (Fsp3) is 0.235. The van der Waals surface area contributed by atoms with Gasteiger partial charge in [0.2, 0.25) is 0 Å². The zero-order chi connectivity index (χ0) is 17.3. The number of phenols is 2. The molecule has 0 saturated heterocycles. The van der Waals surface area contributed by atoms with Crippen LogP contribution >= 0.6 is 0 Å². The maximum atomic E-state index is 11.6. The highest BCUT2D eigenvalue weighted by Gasteiger charge is 2.33. The second-order valence-electron chi connectivity index (χ2n) is 5.28. The van der Waals surface area contributed by atoms with Gasteiger partial charge in [0, 0.05) is 5.56 Å². The van der Waals surface area contributed by atoms with Gasteiger partial charge in [-0.25, -0.2) is 4.79 Å². The molecule has 0 spiro atoms. The third-order valence-corrected chi connectivity index (χ3v) is 3.74. The number of fused-ring (bicyclic) bond motifs is 1. The molecule has 7 nitrogen and oxygen atoms in total.